The SMILES string of the molecule is Cc1ccc(N(CCC(C)C)C2CCCC2)c(C=O)c1. The van der Waals surface area contributed by atoms with Gasteiger partial charge in [0.2, 0.25) is 0 Å². The Bertz CT molecular complexity index is 447. The van der Waals surface area contributed by atoms with Crippen LogP contribution in [0.5, 0.6) is 0 Å². The lowest BCUT2D eigenvalue weighted by Gasteiger charge is -2.33. The average Bonchev–Trinajstić information content (AvgIpc) is 2.94. The van der Waals surface area contributed by atoms with Crippen LogP contribution < -0.4 is 4.90 Å². The van der Waals surface area contributed by atoms with Gasteiger partial charge in [0.05, 0.1) is 0 Å². The van der Waals surface area contributed by atoms with Gasteiger partial charge in [-0.1, -0.05) is 38.3 Å². The molecule has 1 aromatic carbocycles. The minimum absolute atomic E-state index is 0.621. The smallest absolute Gasteiger partial charge is 0.152 e. The number of rotatable bonds is 6. The molecule has 1 aliphatic carbocycles. The molecular formula is C18H27NO. The summed E-state index contributed by atoms with van der Waals surface area (Å²) in [7, 11) is 0. The summed E-state index contributed by atoms with van der Waals surface area (Å²) in [6.45, 7) is 7.64. The first-order valence-electron chi connectivity index (χ1n) is 7.94. The molecule has 0 spiro atoms. The van der Waals surface area contributed by atoms with Crippen molar-refractivity contribution >= 4 is 12.0 Å². The average molecular weight is 273 g/mol. The first-order chi connectivity index (χ1) is 9.61. The van der Waals surface area contributed by atoms with Gasteiger partial charge in [-0.15, -0.1) is 0 Å². The van der Waals surface area contributed by atoms with E-state index in [2.05, 4.69) is 30.9 Å². The second-order valence-electron chi connectivity index (χ2n) is 6.49. The standard InChI is InChI=1S/C18H27NO/c1-14(2)10-11-19(17-6-4-5-7-17)18-9-8-15(3)12-16(18)13-20/h8-9,12-14,17H,4-7,10-11H2,1-3H3. The lowest BCUT2D eigenvalue weighted by atomic mass is 10.0. The Morgan fingerprint density at radius 2 is 2.00 bits per heavy atom. The molecule has 0 amide bonds. The third-order valence-electron chi connectivity index (χ3n) is 4.33. The Morgan fingerprint density at radius 3 is 2.60 bits per heavy atom. The minimum Gasteiger partial charge on any atom is -0.368 e. The van der Waals surface area contributed by atoms with Gasteiger partial charge in [-0.05, 0) is 44.2 Å². The van der Waals surface area contributed by atoms with Crippen LogP contribution >= 0.6 is 0 Å². The first kappa shape index (κ1) is 15.1. The van der Waals surface area contributed by atoms with Gasteiger partial charge in [-0.3, -0.25) is 4.79 Å². The normalized spacial score (nSPS) is 15.8. The number of carbonyl (C=O) groups is 1. The molecular weight excluding hydrogens is 246 g/mol. The molecule has 0 unspecified atom stereocenters. The molecule has 1 aromatic rings. The molecule has 110 valence electrons. The van der Waals surface area contributed by atoms with Crippen molar-refractivity contribution in [1.82, 2.24) is 0 Å². The molecule has 0 atom stereocenters. The molecule has 2 nitrogen and oxygen atoms in total. The van der Waals surface area contributed by atoms with Crippen LogP contribution in [0.3, 0.4) is 0 Å². The summed E-state index contributed by atoms with van der Waals surface area (Å²) >= 11 is 0. The molecule has 2 heteroatoms. The first-order valence-corrected chi connectivity index (χ1v) is 7.94. The fraction of sp³-hybridized carbons (Fsp3) is 0.611. The monoisotopic (exact) mass is 273 g/mol. The molecule has 20 heavy (non-hydrogen) atoms. The van der Waals surface area contributed by atoms with Gasteiger partial charge >= 0.3 is 0 Å². The van der Waals surface area contributed by atoms with Crippen molar-refractivity contribution in [1.29, 1.82) is 0 Å². The fourth-order valence-corrected chi connectivity index (χ4v) is 3.14. The Labute approximate surface area is 123 Å². The maximum Gasteiger partial charge on any atom is 0.152 e. The second kappa shape index (κ2) is 6.92. The summed E-state index contributed by atoms with van der Waals surface area (Å²) in [4.78, 5) is 13.9. The second-order valence-corrected chi connectivity index (χ2v) is 6.49. The number of carbonyl (C=O) groups excluding carboxylic acids is 1. The van der Waals surface area contributed by atoms with Crippen molar-refractivity contribution in [2.75, 3.05) is 11.4 Å². The predicted octanol–water partition coefficient (Wildman–Crippen LogP) is 4.60. The van der Waals surface area contributed by atoms with Crippen LogP contribution in [0.4, 0.5) is 5.69 Å². The van der Waals surface area contributed by atoms with E-state index in [1.165, 1.54) is 32.1 Å². The van der Waals surface area contributed by atoms with Crippen molar-refractivity contribution in [3.8, 4) is 0 Å². The number of aldehydes is 1. The molecule has 0 bridgehead atoms. The quantitative estimate of drug-likeness (QED) is 0.706. The molecule has 0 aliphatic heterocycles. The zero-order valence-corrected chi connectivity index (χ0v) is 13.1. The number of aryl methyl sites for hydroxylation is 1. The van der Waals surface area contributed by atoms with Crippen molar-refractivity contribution < 1.29 is 4.79 Å². The Morgan fingerprint density at radius 1 is 1.30 bits per heavy atom. The zero-order valence-electron chi connectivity index (χ0n) is 13.1. The van der Waals surface area contributed by atoms with E-state index >= 15 is 0 Å². The van der Waals surface area contributed by atoms with Crippen LogP contribution in [0.2, 0.25) is 0 Å². The van der Waals surface area contributed by atoms with E-state index in [0.29, 0.717) is 12.0 Å². The summed E-state index contributed by atoms with van der Waals surface area (Å²) in [5, 5.41) is 0. The van der Waals surface area contributed by atoms with Gasteiger partial charge in [0.15, 0.2) is 6.29 Å². The third kappa shape index (κ3) is 3.62. The van der Waals surface area contributed by atoms with Crippen LogP contribution in [0, 0.1) is 12.8 Å². The molecule has 0 heterocycles. The van der Waals surface area contributed by atoms with Gasteiger partial charge in [-0.25, -0.2) is 0 Å². The molecule has 1 aliphatic rings. The lowest BCUT2D eigenvalue weighted by Crippen LogP contribution is -2.35. The summed E-state index contributed by atoms with van der Waals surface area (Å²) in [5.74, 6) is 0.698. The van der Waals surface area contributed by atoms with E-state index in [-0.39, 0.29) is 0 Å². The van der Waals surface area contributed by atoms with E-state index in [1.54, 1.807) is 0 Å². The number of hydrogen-bond acceptors (Lipinski definition) is 2. The predicted molar refractivity (Wildman–Crippen MR) is 85.6 cm³/mol. The van der Waals surface area contributed by atoms with Crippen molar-refractivity contribution in [2.45, 2.75) is 58.9 Å². The highest BCUT2D eigenvalue weighted by Gasteiger charge is 2.24. The van der Waals surface area contributed by atoms with Crippen LogP contribution in [-0.2, 0) is 0 Å². The topological polar surface area (TPSA) is 20.3 Å². The molecule has 1 fully saturated rings. The van der Waals surface area contributed by atoms with Gasteiger partial charge in [0.25, 0.3) is 0 Å². The number of benzene rings is 1. The summed E-state index contributed by atoms with van der Waals surface area (Å²) in [6.07, 6.45) is 7.38. The maximum atomic E-state index is 11.4. The zero-order chi connectivity index (χ0) is 14.5. The van der Waals surface area contributed by atoms with Crippen molar-refractivity contribution in [3.63, 3.8) is 0 Å². The Balaban J connectivity index is 2.26. The maximum absolute atomic E-state index is 11.4. The molecule has 0 radical (unpaired) electrons. The molecule has 2 rings (SSSR count). The van der Waals surface area contributed by atoms with Crippen LogP contribution in [0.25, 0.3) is 0 Å². The van der Waals surface area contributed by atoms with E-state index < -0.39 is 0 Å². The highest BCUT2D eigenvalue weighted by molar-refractivity contribution is 5.85. The highest BCUT2D eigenvalue weighted by Crippen LogP contribution is 2.31. The van der Waals surface area contributed by atoms with E-state index in [4.69, 9.17) is 0 Å². The fourth-order valence-electron chi connectivity index (χ4n) is 3.14. The number of nitrogens with zero attached hydrogens (tertiary/aromatic N) is 1. The number of hydrogen-bond donors (Lipinski definition) is 0. The van der Waals surface area contributed by atoms with Gasteiger partial charge in [-0.2, -0.15) is 0 Å². The minimum atomic E-state index is 0.621. The van der Waals surface area contributed by atoms with E-state index in [0.717, 1.165) is 29.6 Å². The summed E-state index contributed by atoms with van der Waals surface area (Å²) in [5.41, 5.74) is 3.14. The van der Waals surface area contributed by atoms with Gasteiger partial charge in [0, 0.05) is 23.8 Å². The van der Waals surface area contributed by atoms with Crippen LogP contribution in [0.1, 0.15) is 61.9 Å². The van der Waals surface area contributed by atoms with Gasteiger partial charge < -0.3 is 4.90 Å². The molecule has 0 saturated heterocycles. The molecule has 0 N–H and O–H groups in total. The van der Waals surface area contributed by atoms with E-state index in [9.17, 15) is 4.79 Å². The summed E-state index contributed by atoms with van der Waals surface area (Å²) < 4.78 is 0. The van der Waals surface area contributed by atoms with Gasteiger partial charge in [0.1, 0.15) is 0 Å². The summed E-state index contributed by atoms with van der Waals surface area (Å²) in [6, 6.07) is 6.90. The van der Waals surface area contributed by atoms with Crippen LogP contribution in [-0.4, -0.2) is 18.9 Å². The lowest BCUT2D eigenvalue weighted by molar-refractivity contribution is 0.112. The number of anilines is 1. The van der Waals surface area contributed by atoms with E-state index in [1.807, 2.05) is 13.0 Å². The van der Waals surface area contributed by atoms with Crippen molar-refractivity contribution in [3.05, 3.63) is 29.3 Å². The molecule has 0 aromatic heterocycles. The Kier molecular flexibility index (Phi) is 5.22. The Hall–Kier alpha value is -1.31. The largest absolute Gasteiger partial charge is 0.368 e. The highest BCUT2D eigenvalue weighted by atomic mass is 16.1. The third-order valence-corrected chi connectivity index (χ3v) is 4.33. The van der Waals surface area contributed by atoms with Crippen molar-refractivity contribution in [2.24, 2.45) is 5.92 Å². The molecule has 1 saturated carbocycles. The van der Waals surface area contributed by atoms with Crippen LogP contribution in [0.15, 0.2) is 18.2 Å².